The zero-order valence-electron chi connectivity index (χ0n) is 7.79. The molecule has 1 aromatic rings. The molecule has 72 valence electrons. The Labute approximate surface area is 82.6 Å². The fourth-order valence-electron chi connectivity index (χ4n) is 1.45. The van der Waals surface area contributed by atoms with E-state index in [2.05, 4.69) is 0 Å². The molecule has 0 bridgehead atoms. The number of aryl methyl sites for hydroxylation is 1. The highest BCUT2D eigenvalue weighted by molar-refractivity contribution is 7.99. The molecule has 0 aliphatic carbocycles. The van der Waals surface area contributed by atoms with Gasteiger partial charge in [0, 0.05) is 17.3 Å². The Kier molecular flexibility index (Phi) is 2.96. The van der Waals surface area contributed by atoms with Crippen LogP contribution in [-0.2, 0) is 4.74 Å². The third-order valence-corrected chi connectivity index (χ3v) is 3.68. The molecule has 0 aromatic carbocycles. The molecule has 3 heteroatoms. The molecular weight excluding hydrogens is 184 g/mol. The van der Waals surface area contributed by atoms with Crippen LogP contribution in [-0.4, -0.2) is 19.0 Å². The van der Waals surface area contributed by atoms with Crippen molar-refractivity contribution in [2.75, 3.05) is 19.0 Å². The van der Waals surface area contributed by atoms with Crippen molar-refractivity contribution in [2.45, 2.75) is 18.2 Å². The van der Waals surface area contributed by atoms with Crippen molar-refractivity contribution in [1.29, 1.82) is 0 Å². The molecule has 1 aliphatic rings. The fourth-order valence-corrected chi connectivity index (χ4v) is 2.53. The van der Waals surface area contributed by atoms with Gasteiger partial charge in [-0.15, -0.1) is 11.8 Å². The van der Waals surface area contributed by atoms with Crippen molar-refractivity contribution in [2.24, 2.45) is 5.92 Å². The molecule has 0 amide bonds. The molecule has 13 heavy (non-hydrogen) atoms. The van der Waals surface area contributed by atoms with E-state index < -0.39 is 0 Å². The second kappa shape index (κ2) is 4.20. The van der Waals surface area contributed by atoms with E-state index in [1.54, 1.807) is 6.26 Å². The van der Waals surface area contributed by atoms with Crippen LogP contribution in [0.5, 0.6) is 0 Å². The summed E-state index contributed by atoms with van der Waals surface area (Å²) in [6.45, 7) is 3.88. The van der Waals surface area contributed by atoms with Crippen LogP contribution in [0.2, 0.25) is 0 Å². The predicted octanol–water partition coefficient (Wildman–Crippen LogP) is 2.72. The van der Waals surface area contributed by atoms with Crippen LogP contribution in [0.4, 0.5) is 0 Å². The van der Waals surface area contributed by atoms with E-state index in [1.165, 1.54) is 11.3 Å². The summed E-state index contributed by atoms with van der Waals surface area (Å²) >= 11 is 1.88. The Bertz CT molecular complexity index is 264. The van der Waals surface area contributed by atoms with Gasteiger partial charge in [-0.1, -0.05) is 0 Å². The number of ether oxygens (including phenoxy) is 1. The minimum atomic E-state index is 0.735. The van der Waals surface area contributed by atoms with E-state index in [0.29, 0.717) is 0 Å². The van der Waals surface area contributed by atoms with Crippen LogP contribution >= 0.6 is 11.8 Å². The van der Waals surface area contributed by atoms with Crippen LogP contribution in [0.1, 0.15) is 12.2 Å². The van der Waals surface area contributed by atoms with Crippen molar-refractivity contribution in [3.05, 3.63) is 18.1 Å². The first-order valence-corrected chi connectivity index (χ1v) is 5.59. The van der Waals surface area contributed by atoms with Crippen LogP contribution in [0, 0.1) is 12.8 Å². The van der Waals surface area contributed by atoms with Gasteiger partial charge in [-0.25, -0.2) is 0 Å². The summed E-state index contributed by atoms with van der Waals surface area (Å²) in [5, 5.41) is 0. The molecule has 2 heterocycles. The zero-order chi connectivity index (χ0) is 9.10. The smallest absolute Gasteiger partial charge is 0.114 e. The van der Waals surface area contributed by atoms with Gasteiger partial charge in [0.2, 0.25) is 0 Å². The molecule has 1 aliphatic heterocycles. The summed E-state index contributed by atoms with van der Waals surface area (Å²) in [7, 11) is 0. The number of rotatable bonds is 3. The van der Waals surface area contributed by atoms with Crippen molar-refractivity contribution in [3.8, 4) is 0 Å². The first-order chi connectivity index (χ1) is 6.36. The van der Waals surface area contributed by atoms with E-state index in [4.69, 9.17) is 9.15 Å². The third-order valence-electron chi connectivity index (χ3n) is 2.31. The van der Waals surface area contributed by atoms with Crippen LogP contribution in [0.3, 0.4) is 0 Å². The summed E-state index contributed by atoms with van der Waals surface area (Å²) in [5.74, 6) is 2.92. The average Bonchev–Trinajstić information content (AvgIpc) is 2.72. The maximum absolute atomic E-state index is 5.32. The third kappa shape index (κ3) is 2.29. The Morgan fingerprint density at radius 3 is 3.15 bits per heavy atom. The fraction of sp³-hybridized carbons (Fsp3) is 0.600. The van der Waals surface area contributed by atoms with Gasteiger partial charge in [0.1, 0.15) is 5.76 Å². The van der Waals surface area contributed by atoms with E-state index in [-0.39, 0.29) is 0 Å². The average molecular weight is 198 g/mol. The highest BCUT2D eigenvalue weighted by Crippen LogP contribution is 2.27. The quantitative estimate of drug-likeness (QED) is 0.697. The van der Waals surface area contributed by atoms with Gasteiger partial charge < -0.3 is 9.15 Å². The van der Waals surface area contributed by atoms with Gasteiger partial charge >= 0.3 is 0 Å². The van der Waals surface area contributed by atoms with E-state index in [9.17, 15) is 0 Å². The number of hydrogen-bond acceptors (Lipinski definition) is 3. The topological polar surface area (TPSA) is 22.4 Å². The van der Waals surface area contributed by atoms with E-state index >= 15 is 0 Å². The van der Waals surface area contributed by atoms with Gasteiger partial charge in [-0.2, -0.15) is 0 Å². The normalized spacial score (nSPS) is 22.4. The molecule has 2 nitrogen and oxygen atoms in total. The molecule has 0 saturated carbocycles. The summed E-state index contributed by atoms with van der Waals surface area (Å²) in [6, 6.07) is 2.04. The number of furan rings is 1. The maximum Gasteiger partial charge on any atom is 0.114 e. The van der Waals surface area contributed by atoms with Gasteiger partial charge in [0.25, 0.3) is 0 Å². The van der Waals surface area contributed by atoms with Gasteiger partial charge in [0.15, 0.2) is 0 Å². The van der Waals surface area contributed by atoms with Crippen molar-refractivity contribution >= 4 is 11.8 Å². The lowest BCUT2D eigenvalue weighted by Crippen LogP contribution is -2.01. The van der Waals surface area contributed by atoms with Crippen molar-refractivity contribution in [1.82, 2.24) is 0 Å². The molecule has 1 fully saturated rings. The second-order valence-corrected chi connectivity index (χ2v) is 4.44. The van der Waals surface area contributed by atoms with Crippen LogP contribution in [0.15, 0.2) is 21.6 Å². The lowest BCUT2D eigenvalue weighted by atomic mass is 10.2. The Balaban J connectivity index is 1.82. The monoisotopic (exact) mass is 198 g/mol. The molecule has 2 rings (SSSR count). The highest BCUT2D eigenvalue weighted by atomic mass is 32.2. The standard InChI is InChI=1S/C10H14O2S/c1-8-10(3-5-12-8)13-7-9-2-4-11-6-9/h3,5,9H,2,4,6-7H2,1H3. The lowest BCUT2D eigenvalue weighted by molar-refractivity contribution is 0.189. The van der Waals surface area contributed by atoms with Crippen LogP contribution < -0.4 is 0 Å². The second-order valence-electron chi connectivity index (χ2n) is 3.38. The summed E-state index contributed by atoms with van der Waals surface area (Å²) in [4.78, 5) is 1.27. The Morgan fingerprint density at radius 2 is 2.54 bits per heavy atom. The van der Waals surface area contributed by atoms with E-state index in [1.807, 2.05) is 24.8 Å². The first-order valence-electron chi connectivity index (χ1n) is 4.61. The van der Waals surface area contributed by atoms with Gasteiger partial charge in [-0.05, 0) is 25.3 Å². The molecular formula is C10H14O2S. The lowest BCUT2D eigenvalue weighted by Gasteiger charge is -2.05. The Morgan fingerprint density at radius 1 is 1.62 bits per heavy atom. The van der Waals surface area contributed by atoms with Crippen molar-refractivity contribution < 1.29 is 9.15 Å². The number of hydrogen-bond donors (Lipinski definition) is 0. The largest absolute Gasteiger partial charge is 0.468 e. The first kappa shape index (κ1) is 9.16. The van der Waals surface area contributed by atoms with Crippen molar-refractivity contribution in [3.63, 3.8) is 0 Å². The highest BCUT2D eigenvalue weighted by Gasteiger charge is 2.16. The predicted molar refractivity (Wildman–Crippen MR) is 53.1 cm³/mol. The minimum Gasteiger partial charge on any atom is -0.468 e. The molecule has 1 aromatic heterocycles. The van der Waals surface area contributed by atoms with E-state index in [0.717, 1.165) is 30.6 Å². The number of thioether (sulfide) groups is 1. The molecule has 1 unspecified atom stereocenters. The zero-order valence-corrected chi connectivity index (χ0v) is 8.60. The molecule has 0 N–H and O–H groups in total. The summed E-state index contributed by atoms with van der Waals surface area (Å²) in [6.07, 6.45) is 2.96. The molecule has 1 atom stereocenters. The Hall–Kier alpha value is -0.410. The molecule has 1 saturated heterocycles. The minimum absolute atomic E-state index is 0.735. The van der Waals surface area contributed by atoms with Crippen LogP contribution in [0.25, 0.3) is 0 Å². The summed E-state index contributed by atoms with van der Waals surface area (Å²) in [5.41, 5.74) is 0. The molecule has 0 radical (unpaired) electrons. The molecule has 0 spiro atoms. The van der Waals surface area contributed by atoms with Gasteiger partial charge in [-0.3, -0.25) is 0 Å². The summed E-state index contributed by atoms with van der Waals surface area (Å²) < 4.78 is 10.5. The SMILES string of the molecule is Cc1occc1SCC1CCOC1. The maximum atomic E-state index is 5.32. The van der Waals surface area contributed by atoms with Gasteiger partial charge in [0.05, 0.1) is 12.9 Å².